The second-order valence-corrected chi connectivity index (χ2v) is 7.15. The van der Waals surface area contributed by atoms with Gasteiger partial charge in [-0.25, -0.2) is 0 Å². The van der Waals surface area contributed by atoms with Gasteiger partial charge >= 0.3 is 0 Å². The van der Waals surface area contributed by atoms with Gasteiger partial charge in [-0.05, 0) is 42.2 Å². The number of halogens is 1. The van der Waals surface area contributed by atoms with Crippen LogP contribution in [-0.4, -0.2) is 17.8 Å². The molecule has 1 saturated carbocycles. The van der Waals surface area contributed by atoms with E-state index < -0.39 is 0 Å². The molecule has 1 amide bonds. The molecule has 19 heavy (non-hydrogen) atoms. The van der Waals surface area contributed by atoms with Gasteiger partial charge in [-0.2, -0.15) is 0 Å². The lowest BCUT2D eigenvalue weighted by Crippen LogP contribution is -2.29. The fourth-order valence-electron chi connectivity index (χ4n) is 2.34. The third-order valence-electron chi connectivity index (χ3n) is 3.86. The summed E-state index contributed by atoms with van der Waals surface area (Å²) in [5.74, 6) is 0.0713. The van der Waals surface area contributed by atoms with Crippen molar-refractivity contribution in [2.24, 2.45) is 5.41 Å². The Morgan fingerprint density at radius 2 is 2.16 bits per heavy atom. The van der Waals surface area contributed by atoms with E-state index in [1.807, 2.05) is 18.2 Å². The zero-order valence-electron chi connectivity index (χ0n) is 10.6. The second-order valence-electron chi connectivity index (χ2n) is 5.27. The van der Waals surface area contributed by atoms with Crippen LogP contribution >= 0.6 is 27.3 Å². The van der Waals surface area contributed by atoms with Gasteiger partial charge in [-0.3, -0.25) is 4.79 Å². The molecule has 4 heteroatoms. The topological polar surface area (TPSA) is 29.1 Å². The highest BCUT2D eigenvalue weighted by atomic mass is 79.9. The molecular formula is C15H16BrNOS. The molecule has 1 aromatic carbocycles. The van der Waals surface area contributed by atoms with Crippen molar-refractivity contribution < 1.29 is 4.79 Å². The molecule has 0 radical (unpaired) electrons. The van der Waals surface area contributed by atoms with Gasteiger partial charge < -0.3 is 5.32 Å². The van der Waals surface area contributed by atoms with E-state index in [0.717, 1.165) is 28.6 Å². The summed E-state index contributed by atoms with van der Waals surface area (Å²) < 4.78 is 1.18. The number of carbonyl (C=O) groups is 1. The minimum Gasteiger partial charge on any atom is -0.351 e. The number of hydrogen-bond donors (Lipinski definition) is 1. The fourth-order valence-corrected chi connectivity index (χ4v) is 4.16. The molecule has 1 aliphatic carbocycles. The van der Waals surface area contributed by atoms with Gasteiger partial charge in [0.15, 0.2) is 0 Å². The van der Waals surface area contributed by atoms with Gasteiger partial charge in [-0.15, -0.1) is 11.3 Å². The van der Waals surface area contributed by atoms with E-state index in [0.29, 0.717) is 5.41 Å². The number of rotatable bonds is 5. The van der Waals surface area contributed by atoms with Crippen molar-refractivity contribution in [3.05, 3.63) is 35.2 Å². The molecule has 1 heterocycles. The number of thiophene rings is 1. The summed E-state index contributed by atoms with van der Waals surface area (Å²) in [6.07, 6.45) is 3.64. The van der Waals surface area contributed by atoms with Gasteiger partial charge in [0.1, 0.15) is 0 Å². The van der Waals surface area contributed by atoms with Crippen LogP contribution in [0.5, 0.6) is 0 Å². The molecule has 2 nitrogen and oxygen atoms in total. The summed E-state index contributed by atoms with van der Waals surface area (Å²) in [4.78, 5) is 13.0. The molecule has 0 aliphatic heterocycles. The Labute approximate surface area is 125 Å². The highest BCUT2D eigenvalue weighted by molar-refractivity contribution is 9.09. The quantitative estimate of drug-likeness (QED) is 0.814. The molecule has 0 saturated heterocycles. The maximum absolute atomic E-state index is 12.2. The lowest BCUT2D eigenvalue weighted by Gasteiger charge is -2.13. The number of alkyl halides is 1. The van der Waals surface area contributed by atoms with Crippen LogP contribution in [0.1, 0.15) is 28.9 Å². The van der Waals surface area contributed by atoms with E-state index >= 15 is 0 Å². The molecule has 1 fully saturated rings. The summed E-state index contributed by atoms with van der Waals surface area (Å²) in [5.41, 5.74) is 0.371. The van der Waals surface area contributed by atoms with Gasteiger partial charge in [0.2, 0.25) is 0 Å². The van der Waals surface area contributed by atoms with Crippen LogP contribution < -0.4 is 5.32 Å². The maximum atomic E-state index is 12.2. The van der Waals surface area contributed by atoms with Gasteiger partial charge in [0.05, 0.1) is 4.88 Å². The van der Waals surface area contributed by atoms with Crippen LogP contribution in [0.15, 0.2) is 30.3 Å². The van der Waals surface area contributed by atoms with Gasteiger partial charge in [0, 0.05) is 16.6 Å². The van der Waals surface area contributed by atoms with Crippen molar-refractivity contribution in [3.63, 3.8) is 0 Å². The van der Waals surface area contributed by atoms with Crippen LogP contribution in [0.2, 0.25) is 0 Å². The number of hydrogen-bond acceptors (Lipinski definition) is 2. The lowest BCUT2D eigenvalue weighted by atomic mass is 10.0. The molecule has 1 N–H and O–H groups in total. The molecule has 0 atom stereocenters. The Bertz CT molecular complexity index is 570. The van der Waals surface area contributed by atoms with Crippen LogP contribution in [0, 0.1) is 5.41 Å². The van der Waals surface area contributed by atoms with Crippen molar-refractivity contribution >= 4 is 43.3 Å². The predicted octanol–water partition coefficient (Wildman–Crippen LogP) is 4.20. The lowest BCUT2D eigenvalue weighted by molar-refractivity contribution is 0.0948. The average molecular weight is 338 g/mol. The molecule has 1 aromatic heterocycles. The highest BCUT2D eigenvalue weighted by Crippen LogP contribution is 2.48. The zero-order chi connectivity index (χ0) is 13.3. The van der Waals surface area contributed by atoms with E-state index in [1.54, 1.807) is 11.3 Å². The Hall–Kier alpha value is -0.870. The summed E-state index contributed by atoms with van der Waals surface area (Å²) in [6.45, 7) is 0.811. The fraction of sp³-hybridized carbons (Fsp3) is 0.400. The zero-order valence-corrected chi connectivity index (χ0v) is 13.0. The molecule has 3 rings (SSSR count). The van der Waals surface area contributed by atoms with Crippen molar-refractivity contribution in [2.45, 2.75) is 19.3 Å². The Balaban J connectivity index is 1.67. The van der Waals surface area contributed by atoms with Crippen LogP contribution in [0.25, 0.3) is 10.1 Å². The summed E-state index contributed by atoms with van der Waals surface area (Å²) >= 11 is 5.06. The molecular weight excluding hydrogens is 322 g/mol. The number of nitrogens with one attached hydrogen (secondary N) is 1. The minimum absolute atomic E-state index is 0.0713. The summed E-state index contributed by atoms with van der Waals surface area (Å²) in [7, 11) is 0. The Kier molecular flexibility index (Phi) is 3.63. The Morgan fingerprint density at radius 3 is 2.84 bits per heavy atom. The van der Waals surface area contributed by atoms with E-state index in [4.69, 9.17) is 0 Å². The second kappa shape index (κ2) is 5.25. The summed E-state index contributed by atoms with van der Waals surface area (Å²) in [5, 5.41) is 5.27. The van der Waals surface area contributed by atoms with Crippen molar-refractivity contribution in [1.29, 1.82) is 0 Å². The van der Waals surface area contributed by atoms with Crippen LogP contribution in [0.4, 0.5) is 0 Å². The number of carbonyl (C=O) groups excluding carboxylic acids is 1. The molecule has 2 aromatic rings. The van der Waals surface area contributed by atoms with E-state index in [2.05, 4.69) is 33.4 Å². The molecule has 0 spiro atoms. The van der Waals surface area contributed by atoms with E-state index in [-0.39, 0.29) is 5.91 Å². The largest absolute Gasteiger partial charge is 0.351 e. The van der Waals surface area contributed by atoms with E-state index in [1.165, 1.54) is 17.5 Å². The smallest absolute Gasteiger partial charge is 0.261 e. The third-order valence-corrected chi connectivity index (χ3v) is 5.37. The SMILES string of the molecule is O=C(NCC1(CCBr)CC1)c1cc2ccccc2s1. The summed E-state index contributed by atoms with van der Waals surface area (Å²) in [6, 6.07) is 10.1. The predicted molar refractivity (Wildman–Crippen MR) is 84.2 cm³/mol. The normalized spacial score (nSPS) is 16.5. The molecule has 0 bridgehead atoms. The van der Waals surface area contributed by atoms with Crippen molar-refractivity contribution in [3.8, 4) is 0 Å². The number of amides is 1. The van der Waals surface area contributed by atoms with Crippen molar-refractivity contribution in [2.75, 3.05) is 11.9 Å². The Morgan fingerprint density at radius 1 is 1.37 bits per heavy atom. The first-order chi connectivity index (χ1) is 9.22. The van der Waals surface area contributed by atoms with E-state index in [9.17, 15) is 4.79 Å². The first kappa shape index (κ1) is 13.1. The first-order valence-corrected chi connectivity index (χ1v) is 8.49. The molecule has 100 valence electrons. The van der Waals surface area contributed by atoms with Crippen molar-refractivity contribution in [1.82, 2.24) is 5.32 Å². The minimum atomic E-state index is 0.0713. The highest BCUT2D eigenvalue weighted by Gasteiger charge is 2.41. The average Bonchev–Trinajstić information content (AvgIpc) is 3.04. The monoisotopic (exact) mass is 337 g/mol. The van der Waals surface area contributed by atoms with Gasteiger partial charge in [0.25, 0.3) is 5.91 Å². The van der Waals surface area contributed by atoms with Crippen LogP contribution in [0.3, 0.4) is 0 Å². The third kappa shape index (κ3) is 2.84. The molecule has 0 unspecified atom stereocenters. The van der Waals surface area contributed by atoms with Gasteiger partial charge in [-0.1, -0.05) is 34.1 Å². The first-order valence-electron chi connectivity index (χ1n) is 6.55. The molecule has 1 aliphatic rings. The maximum Gasteiger partial charge on any atom is 0.261 e. The standard InChI is InChI=1S/C15H16BrNOS/c16-8-7-15(5-6-15)10-17-14(18)13-9-11-3-1-2-4-12(11)19-13/h1-4,9H,5-8,10H2,(H,17,18). The van der Waals surface area contributed by atoms with Crippen LogP contribution in [-0.2, 0) is 0 Å². The number of benzene rings is 1. The number of fused-ring (bicyclic) bond motifs is 1.